The van der Waals surface area contributed by atoms with E-state index in [0.29, 0.717) is 28.5 Å². The zero-order chi connectivity index (χ0) is 21.9. The highest BCUT2D eigenvalue weighted by atomic mass is 16.4. The average Bonchev–Trinajstić information content (AvgIpc) is 2.85. The maximum Gasteiger partial charge on any atom is 0.354 e. The van der Waals surface area contributed by atoms with Crippen molar-refractivity contribution in [2.75, 3.05) is 54.4 Å². The van der Waals surface area contributed by atoms with E-state index in [9.17, 15) is 9.90 Å². The molecule has 0 aliphatic carbocycles. The Balaban J connectivity index is 1.43. The van der Waals surface area contributed by atoms with Crippen molar-refractivity contribution >= 4 is 40.1 Å². The number of nitrogens with zero attached hydrogens (tertiary/aromatic N) is 6. The summed E-state index contributed by atoms with van der Waals surface area (Å²) in [5.41, 5.74) is 1.74. The minimum Gasteiger partial charge on any atom is -0.477 e. The molecule has 10 nitrogen and oxygen atoms in total. The molecule has 0 amide bonds. The maximum absolute atomic E-state index is 11.6. The van der Waals surface area contributed by atoms with Crippen LogP contribution in [0.1, 0.15) is 29.8 Å². The number of aromatic carboxylic acids is 1. The Morgan fingerprint density at radius 1 is 0.969 bits per heavy atom. The van der Waals surface area contributed by atoms with Gasteiger partial charge in [0.05, 0.1) is 11.9 Å². The first-order chi connectivity index (χ1) is 15.7. The van der Waals surface area contributed by atoms with Crippen LogP contribution in [0, 0.1) is 0 Å². The number of piperazine rings is 1. The van der Waals surface area contributed by atoms with E-state index in [-0.39, 0.29) is 5.69 Å². The van der Waals surface area contributed by atoms with Crippen LogP contribution >= 0.6 is 0 Å². The number of pyridine rings is 2. The Hall–Kier alpha value is -3.53. The molecular formula is C22H26N8O2. The van der Waals surface area contributed by atoms with Gasteiger partial charge in [-0.25, -0.2) is 24.7 Å². The number of hydrogen-bond acceptors (Lipinski definition) is 9. The number of carboxylic acids is 1. The molecule has 0 radical (unpaired) electrons. The highest BCUT2D eigenvalue weighted by molar-refractivity contribution is 5.96. The van der Waals surface area contributed by atoms with Crippen molar-refractivity contribution in [3.8, 4) is 0 Å². The molecule has 5 rings (SSSR count). The molecule has 32 heavy (non-hydrogen) atoms. The molecule has 3 aromatic heterocycles. The van der Waals surface area contributed by atoms with Gasteiger partial charge in [0.15, 0.2) is 11.5 Å². The number of rotatable bonds is 5. The lowest BCUT2D eigenvalue weighted by molar-refractivity contribution is 0.0691. The van der Waals surface area contributed by atoms with Crippen molar-refractivity contribution in [1.29, 1.82) is 0 Å². The van der Waals surface area contributed by atoms with Crippen LogP contribution < -0.4 is 20.4 Å². The fourth-order valence-electron chi connectivity index (χ4n) is 4.20. The summed E-state index contributed by atoms with van der Waals surface area (Å²) in [6.07, 6.45) is 6.78. The van der Waals surface area contributed by atoms with Crippen molar-refractivity contribution in [2.24, 2.45) is 0 Å². The number of nitrogens with one attached hydrogen (secondary N) is 2. The van der Waals surface area contributed by atoms with Gasteiger partial charge >= 0.3 is 5.97 Å². The summed E-state index contributed by atoms with van der Waals surface area (Å²) in [4.78, 5) is 34.0. The number of carbonyl (C=O) groups is 1. The van der Waals surface area contributed by atoms with E-state index in [1.807, 2.05) is 18.3 Å². The van der Waals surface area contributed by atoms with E-state index in [1.54, 1.807) is 6.20 Å². The predicted octanol–water partition coefficient (Wildman–Crippen LogP) is 2.26. The molecule has 3 aromatic rings. The molecule has 2 fully saturated rings. The zero-order valence-corrected chi connectivity index (χ0v) is 17.8. The molecule has 0 spiro atoms. The van der Waals surface area contributed by atoms with Crippen LogP contribution in [0.25, 0.3) is 10.9 Å². The first kappa shape index (κ1) is 20.4. The van der Waals surface area contributed by atoms with Gasteiger partial charge in [0, 0.05) is 50.9 Å². The Morgan fingerprint density at radius 2 is 1.78 bits per heavy atom. The molecule has 0 saturated carbocycles. The van der Waals surface area contributed by atoms with E-state index in [1.165, 1.54) is 12.5 Å². The standard InChI is InChI=1S/C22H26N8O2/c31-21(32)17-12-15-13-25-22(28-19(15)20(26-17)30-8-2-1-3-9-30)27-18-5-4-16(14-24-18)29-10-6-23-7-11-29/h4-5,12-14,23H,1-3,6-11H2,(H,31,32)(H,24,25,27,28). The summed E-state index contributed by atoms with van der Waals surface area (Å²) in [5.74, 6) is 0.606. The monoisotopic (exact) mass is 434 g/mol. The third-order valence-corrected chi connectivity index (χ3v) is 5.89. The first-order valence-corrected chi connectivity index (χ1v) is 11.0. The zero-order valence-electron chi connectivity index (χ0n) is 17.8. The largest absolute Gasteiger partial charge is 0.477 e. The van der Waals surface area contributed by atoms with Gasteiger partial charge in [-0.1, -0.05) is 0 Å². The van der Waals surface area contributed by atoms with Crippen LogP contribution in [0.15, 0.2) is 30.6 Å². The second kappa shape index (κ2) is 8.91. The smallest absolute Gasteiger partial charge is 0.354 e. The predicted molar refractivity (Wildman–Crippen MR) is 123 cm³/mol. The van der Waals surface area contributed by atoms with Crippen molar-refractivity contribution in [3.05, 3.63) is 36.3 Å². The van der Waals surface area contributed by atoms with E-state index >= 15 is 0 Å². The summed E-state index contributed by atoms with van der Waals surface area (Å²) >= 11 is 0. The SMILES string of the molecule is O=C(O)c1cc2cnc(Nc3ccc(N4CCNCC4)cn3)nc2c(N2CCCCC2)n1. The maximum atomic E-state index is 11.6. The molecular weight excluding hydrogens is 408 g/mol. The van der Waals surface area contributed by atoms with E-state index in [2.05, 4.69) is 40.4 Å². The van der Waals surface area contributed by atoms with Gasteiger partial charge < -0.3 is 25.5 Å². The highest BCUT2D eigenvalue weighted by Crippen LogP contribution is 2.28. The van der Waals surface area contributed by atoms with Crippen LogP contribution in [0.5, 0.6) is 0 Å². The number of aromatic nitrogens is 4. The number of hydrogen-bond donors (Lipinski definition) is 3. The topological polar surface area (TPSA) is 119 Å². The molecule has 3 N–H and O–H groups in total. The van der Waals surface area contributed by atoms with Crippen molar-refractivity contribution in [3.63, 3.8) is 0 Å². The van der Waals surface area contributed by atoms with Gasteiger partial charge in [0.25, 0.3) is 0 Å². The lowest BCUT2D eigenvalue weighted by atomic mass is 10.1. The minimum absolute atomic E-state index is 0.00699. The van der Waals surface area contributed by atoms with Gasteiger partial charge in [-0.2, -0.15) is 0 Å². The summed E-state index contributed by atoms with van der Waals surface area (Å²) < 4.78 is 0. The minimum atomic E-state index is -1.05. The van der Waals surface area contributed by atoms with Gasteiger partial charge in [0.1, 0.15) is 11.3 Å². The third-order valence-electron chi connectivity index (χ3n) is 5.89. The Labute approximate surface area is 185 Å². The van der Waals surface area contributed by atoms with Crippen LogP contribution in [0.3, 0.4) is 0 Å². The van der Waals surface area contributed by atoms with Gasteiger partial charge in [-0.05, 0) is 37.5 Å². The number of fused-ring (bicyclic) bond motifs is 1. The van der Waals surface area contributed by atoms with Crippen LogP contribution in [0.4, 0.5) is 23.3 Å². The van der Waals surface area contributed by atoms with Crippen molar-refractivity contribution < 1.29 is 9.90 Å². The molecule has 2 saturated heterocycles. The van der Waals surface area contributed by atoms with Gasteiger partial charge in [-0.3, -0.25) is 0 Å². The number of carboxylic acid groups (broad SMARTS) is 1. The normalized spacial score (nSPS) is 16.9. The fourth-order valence-corrected chi connectivity index (χ4v) is 4.20. The molecule has 5 heterocycles. The van der Waals surface area contributed by atoms with E-state index in [0.717, 1.165) is 57.8 Å². The summed E-state index contributed by atoms with van der Waals surface area (Å²) in [7, 11) is 0. The van der Waals surface area contributed by atoms with Crippen LogP contribution in [-0.2, 0) is 0 Å². The molecule has 2 aliphatic rings. The highest BCUT2D eigenvalue weighted by Gasteiger charge is 2.20. The number of anilines is 4. The van der Waals surface area contributed by atoms with Gasteiger partial charge in [0.2, 0.25) is 5.95 Å². The van der Waals surface area contributed by atoms with Crippen LogP contribution in [-0.4, -0.2) is 70.3 Å². The Morgan fingerprint density at radius 3 is 2.50 bits per heavy atom. The fraction of sp³-hybridized carbons (Fsp3) is 0.409. The molecule has 166 valence electrons. The van der Waals surface area contributed by atoms with E-state index in [4.69, 9.17) is 0 Å². The number of piperidine rings is 1. The Kier molecular flexibility index (Phi) is 5.68. The molecule has 0 aromatic carbocycles. The Bertz CT molecular complexity index is 1110. The quantitative estimate of drug-likeness (QED) is 0.551. The third kappa shape index (κ3) is 4.26. The second-order valence-electron chi connectivity index (χ2n) is 8.08. The molecule has 0 atom stereocenters. The summed E-state index contributed by atoms with van der Waals surface area (Å²) in [5, 5.41) is 16.7. The molecule has 10 heteroatoms. The average molecular weight is 435 g/mol. The first-order valence-electron chi connectivity index (χ1n) is 11.0. The molecule has 0 bridgehead atoms. The molecule has 2 aliphatic heterocycles. The van der Waals surface area contributed by atoms with Crippen molar-refractivity contribution in [2.45, 2.75) is 19.3 Å². The summed E-state index contributed by atoms with van der Waals surface area (Å²) in [6.45, 7) is 5.56. The molecule has 0 unspecified atom stereocenters. The van der Waals surface area contributed by atoms with Crippen molar-refractivity contribution in [1.82, 2.24) is 25.3 Å². The van der Waals surface area contributed by atoms with Gasteiger partial charge in [-0.15, -0.1) is 0 Å². The van der Waals surface area contributed by atoms with E-state index < -0.39 is 5.97 Å². The lowest BCUT2D eigenvalue weighted by Crippen LogP contribution is -2.43. The lowest BCUT2D eigenvalue weighted by Gasteiger charge is -2.29. The second-order valence-corrected chi connectivity index (χ2v) is 8.08. The van der Waals surface area contributed by atoms with Crippen LogP contribution in [0.2, 0.25) is 0 Å². The summed E-state index contributed by atoms with van der Waals surface area (Å²) in [6, 6.07) is 5.49.